The number of halogens is 6. The number of nitrogens with one attached hydrogen (secondary N) is 1. The number of hydrogen-bond donors (Lipinski definition) is 2. The molecule has 1 atom stereocenters. The molecule has 1 aliphatic rings. The molecule has 1 unspecified atom stereocenters. The molecule has 10 heteroatoms. The maximum atomic E-state index is 12.9. The third kappa shape index (κ3) is 4.16. The van der Waals surface area contributed by atoms with E-state index in [-0.39, 0.29) is 17.7 Å². The van der Waals surface area contributed by atoms with Crippen LogP contribution >= 0.6 is 0 Å². The summed E-state index contributed by atoms with van der Waals surface area (Å²) in [5.41, 5.74) is -5.57. The van der Waals surface area contributed by atoms with Crippen molar-refractivity contribution in [1.82, 2.24) is 5.32 Å². The number of benzene rings is 1. The summed E-state index contributed by atoms with van der Waals surface area (Å²) in [4.78, 5) is 12.3. The summed E-state index contributed by atoms with van der Waals surface area (Å²) in [5, 5.41) is 13.0. The normalized spacial score (nSPS) is 17.2. The maximum absolute atomic E-state index is 12.9. The van der Waals surface area contributed by atoms with Crippen molar-refractivity contribution < 1.29 is 40.7 Å². The first-order valence-electron chi connectivity index (χ1n) is 8.25. The summed E-state index contributed by atoms with van der Waals surface area (Å²) in [6.07, 6.45) is -7.50. The summed E-state index contributed by atoms with van der Waals surface area (Å²) < 4.78 is 82.7. The van der Waals surface area contributed by atoms with Crippen LogP contribution < -0.4 is 5.32 Å². The van der Waals surface area contributed by atoms with Crippen LogP contribution in [0.5, 0.6) is 0 Å². The molecule has 1 aromatic carbocycles. The average molecular weight is 407 g/mol. The highest BCUT2D eigenvalue weighted by Gasteiger charge is 2.47. The molecule has 1 heterocycles. The first-order valence-corrected chi connectivity index (χ1v) is 8.25. The molecule has 2 N–H and O–H groups in total. The lowest BCUT2D eigenvalue weighted by Gasteiger charge is -2.26. The third-order valence-electron chi connectivity index (χ3n) is 4.57. The van der Waals surface area contributed by atoms with E-state index in [1.807, 2.05) is 0 Å². The second kappa shape index (κ2) is 6.84. The van der Waals surface area contributed by atoms with Crippen molar-refractivity contribution >= 4 is 5.91 Å². The standard InChI is InChI=1S/C18H15F6NO3/c19-17(20,21)12-6-10(7-13(8-12)18(22,23)24)15(26)25-9-16(27,11-3-4-11)14-2-1-5-28-14/h1-2,5-8,11,27H,3-4,9H2,(H,25,26). The van der Waals surface area contributed by atoms with Gasteiger partial charge in [0.15, 0.2) is 0 Å². The molecule has 1 aromatic heterocycles. The number of amides is 1. The minimum absolute atomic E-state index is 0.0554. The van der Waals surface area contributed by atoms with Crippen LogP contribution in [0.15, 0.2) is 41.0 Å². The molecule has 1 aliphatic carbocycles. The first kappa shape index (κ1) is 20.2. The van der Waals surface area contributed by atoms with E-state index >= 15 is 0 Å². The van der Waals surface area contributed by atoms with Gasteiger partial charge in [-0.05, 0) is 49.1 Å². The van der Waals surface area contributed by atoms with Gasteiger partial charge in [-0.1, -0.05) is 0 Å². The van der Waals surface area contributed by atoms with E-state index < -0.39 is 47.1 Å². The number of hydrogen-bond acceptors (Lipinski definition) is 3. The summed E-state index contributed by atoms with van der Waals surface area (Å²) in [6.45, 7) is -0.415. The average Bonchev–Trinajstić information content (AvgIpc) is 3.32. The number of rotatable bonds is 5. The van der Waals surface area contributed by atoms with Crippen LogP contribution in [-0.4, -0.2) is 17.6 Å². The zero-order valence-electron chi connectivity index (χ0n) is 14.2. The molecule has 1 fully saturated rings. The fourth-order valence-electron chi connectivity index (χ4n) is 2.92. The number of furan rings is 1. The molecule has 152 valence electrons. The Morgan fingerprint density at radius 2 is 1.64 bits per heavy atom. The minimum Gasteiger partial charge on any atom is -0.466 e. The van der Waals surface area contributed by atoms with E-state index in [4.69, 9.17) is 4.42 Å². The zero-order chi connectivity index (χ0) is 20.7. The van der Waals surface area contributed by atoms with Crippen molar-refractivity contribution in [3.05, 3.63) is 59.0 Å². The molecular weight excluding hydrogens is 392 g/mol. The number of alkyl halides is 6. The Labute approximate surface area is 155 Å². The van der Waals surface area contributed by atoms with Gasteiger partial charge in [0, 0.05) is 5.56 Å². The molecule has 28 heavy (non-hydrogen) atoms. The number of carbonyl (C=O) groups excluding carboxylic acids is 1. The Hall–Kier alpha value is -2.49. The summed E-state index contributed by atoms with van der Waals surface area (Å²) in [7, 11) is 0. The Bertz CT molecular complexity index is 823. The van der Waals surface area contributed by atoms with Crippen LogP contribution in [0.25, 0.3) is 0 Å². The van der Waals surface area contributed by atoms with Crippen molar-refractivity contribution in [2.24, 2.45) is 5.92 Å². The fourth-order valence-corrected chi connectivity index (χ4v) is 2.92. The van der Waals surface area contributed by atoms with E-state index in [0.29, 0.717) is 25.0 Å². The van der Waals surface area contributed by atoms with Gasteiger partial charge in [0.05, 0.1) is 23.9 Å². The van der Waals surface area contributed by atoms with Gasteiger partial charge >= 0.3 is 12.4 Å². The van der Waals surface area contributed by atoms with E-state index in [1.165, 1.54) is 18.4 Å². The smallest absolute Gasteiger partial charge is 0.416 e. The zero-order valence-corrected chi connectivity index (χ0v) is 14.2. The largest absolute Gasteiger partial charge is 0.466 e. The Morgan fingerprint density at radius 3 is 2.07 bits per heavy atom. The molecular formula is C18H15F6NO3. The third-order valence-corrected chi connectivity index (χ3v) is 4.57. The van der Waals surface area contributed by atoms with Crippen molar-refractivity contribution in [1.29, 1.82) is 0 Å². The van der Waals surface area contributed by atoms with E-state index in [1.54, 1.807) is 0 Å². The number of aliphatic hydroxyl groups is 1. The van der Waals surface area contributed by atoms with Crippen LogP contribution in [0, 0.1) is 5.92 Å². The highest BCUT2D eigenvalue weighted by atomic mass is 19.4. The summed E-state index contributed by atoms with van der Waals surface area (Å²) >= 11 is 0. The molecule has 3 rings (SSSR count). The van der Waals surface area contributed by atoms with Gasteiger partial charge in [-0.2, -0.15) is 26.3 Å². The van der Waals surface area contributed by atoms with Crippen molar-refractivity contribution in [2.75, 3.05) is 6.54 Å². The topological polar surface area (TPSA) is 62.5 Å². The molecule has 0 aliphatic heterocycles. The molecule has 1 amide bonds. The van der Waals surface area contributed by atoms with Crippen LogP contribution in [0.4, 0.5) is 26.3 Å². The van der Waals surface area contributed by atoms with Crippen molar-refractivity contribution in [3.63, 3.8) is 0 Å². The van der Waals surface area contributed by atoms with Gasteiger partial charge in [0.2, 0.25) is 0 Å². The van der Waals surface area contributed by atoms with Crippen molar-refractivity contribution in [2.45, 2.75) is 30.8 Å². The Balaban J connectivity index is 1.86. The monoisotopic (exact) mass is 407 g/mol. The van der Waals surface area contributed by atoms with Gasteiger partial charge in [-0.15, -0.1) is 0 Å². The quantitative estimate of drug-likeness (QED) is 0.725. The van der Waals surface area contributed by atoms with Crippen LogP contribution in [0.2, 0.25) is 0 Å². The molecule has 2 aromatic rings. The molecule has 0 spiro atoms. The van der Waals surface area contributed by atoms with Gasteiger partial charge in [0.1, 0.15) is 11.4 Å². The van der Waals surface area contributed by atoms with Crippen LogP contribution in [0.1, 0.15) is 40.1 Å². The molecule has 4 nitrogen and oxygen atoms in total. The first-order chi connectivity index (χ1) is 12.9. The highest BCUT2D eigenvalue weighted by Crippen LogP contribution is 2.45. The second-order valence-electron chi connectivity index (χ2n) is 6.65. The fraction of sp³-hybridized carbons (Fsp3) is 0.389. The van der Waals surface area contributed by atoms with Crippen molar-refractivity contribution in [3.8, 4) is 0 Å². The minimum atomic E-state index is -5.06. The van der Waals surface area contributed by atoms with Gasteiger partial charge in [-0.25, -0.2) is 0 Å². The maximum Gasteiger partial charge on any atom is 0.416 e. The highest BCUT2D eigenvalue weighted by molar-refractivity contribution is 5.94. The lowest BCUT2D eigenvalue weighted by atomic mass is 9.94. The summed E-state index contributed by atoms with van der Waals surface area (Å²) in [6, 6.07) is 3.63. The molecule has 1 saturated carbocycles. The van der Waals surface area contributed by atoms with E-state index in [2.05, 4.69) is 5.32 Å². The lowest BCUT2D eigenvalue weighted by Crippen LogP contribution is -2.42. The van der Waals surface area contributed by atoms with E-state index in [0.717, 1.165) is 0 Å². The Kier molecular flexibility index (Phi) is 4.95. The molecule has 0 saturated heterocycles. The van der Waals surface area contributed by atoms with E-state index in [9.17, 15) is 36.2 Å². The predicted molar refractivity (Wildman–Crippen MR) is 84.1 cm³/mol. The SMILES string of the molecule is O=C(NCC(O)(c1ccco1)C1CC1)c1cc(C(F)(F)F)cc(C(F)(F)F)c1. The van der Waals surface area contributed by atoms with Crippen LogP contribution in [-0.2, 0) is 18.0 Å². The summed E-state index contributed by atoms with van der Waals surface area (Å²) in [5.74, 6) is -1.23. The van der Waals surface area contributed by atoms with Crippen LogP contribution in [0.3, 0.4) is 0 Å². The second-order valence-corrected chi connectivity index (χ2v) is 6.65. The number of carbonyl (C=O) groups is 1. The predicted octanol–water partition coefficient (Wildman–Crippen LogP) is 4.34. The molecule has 0 radical (unpaired) electrons. The lowest BCUT2D eigenvalue weighted by molar-refractivity contribution is -0.143. The molecule has 0 bridgehead atoms. The Morgan fingerprint density at radius 1 is 1.07 bits per heavy atom. The van der Waals surface area contributed by atoms with Gasteiger partial charge in [-0.3, -0.25) is 4.79 Å². The van der Waals surface area contributed by atoms with Gasteiger partial charge in [0.25, 0.3) is 5.91 Å². The van der Waals surface area contributed by atoms with Gasteiger partial charge < -0.3 is 14.8 Å².